The molecule has 5 heteroatoms. The maximum absolute atomic E-state index is 6.57. The normalized spacial score (nSPS) is 13.1. The summed E-state index contributed by atoms with van der Waals surface area (Å²) in [7, 11) is 0. The molecular formula is C54H35N3O2. The SMILES string of the molecule is CC1(C)c2ccccc2-c2c(-c3ccc4oc5cccc(-c6nc(-c7ccc(-c8ccccc8)cc7)nc(-c7ccc8oc9ccccc9c8c7)n6)c5c4c3)cccc21. The van der Waals surface area contributed by atoms with Crippen LogP contribution in [0.4, 0.5) is 0 Å². The third-order valence-corrected chi connectivity index (χ3v) is 12.2. The van der Waals surface area contributed by atoms with Gasteiger partial charge in [0.2, 0.25) is 0 Å². The molecule has 0 radical (unpaired) electrons. The molecule has 0 spiro atoms. The van der Waals surface area contributed by atoms with Crippen molar-refractivity contribution in [2.45, 2.75) is 19.3 Å². The van der Waals surface area contributed by atoms with Crippen LogP contribution in [0.1, 0.15) is 25.0 Å². The van der Waals surface area contributed by atoms with Crippen LogP contribution in [0.25, 0.3) is 111 Å². The predicted octanol–water partition coefficient (Wildman–Crippen LogP) is 14.3. The van der Waals surface area contributed by atoms with E-state index >= 15 is 0 Å². The monoisotopic (exact) mass is 757 g/mol. The summed E-state index contributed by atoms with van der Waals surface area (Å²) >= 11 is 0. The zero-order chi connectivity index (χ0) is 39.2. The van der Waals surface area contributed by atoms with Crippen LogP contribution in [0.5, 0.6) is 0 Å². The van der Waals surface area contributed by atoms with Gasteiger partial charge in [0.25, 0.3) is 0 Å². The molecule has 11 aromatic rings. The lowest BCUT2D eigenvalue weighted by atomic mass is 9.82. The van der Waals surface area contributed by atoms with Gasteiger partial charge in [-0.25, -0.2) is 15.0 Å². The highest BCUT2D eigenvalue weighted by atomic mass is 16.3. The zero-order valence-electron chi connectivity index (χ0n) is 32.4. The van der Waals surface area contributed by atoms with Gasteiger partial charge in [0, 0.05) is 43.7 Å². The van der Waals surface area contributed by atoms with Crippen LogP contribution >= 0.6 is 0 Å². The number of furan rings is 2. The predicted molar refractivity (Wildman–Crippen MR) is 239 cm³/mol. The van der Waals surface area contributed by atoms with Gasteiger partial charge in [0.15, 0.2) is 17.5 Å². The smallest absolute Gasteiger partial charge is 0.164 e. The number of fused-ring (bicyclic) bond motifs is 9. The molecule has 1 aliphatic carbocycles. The van der Waals surface area contributed by atoms with E-state index in [1.165, 1.54) is 27.8 Å². The largest absolute Gasteiger partial charge is 0.456 e. The van der Waals surface area contributed by atoms with Crippen LogP contribution in [0.15, 0.2) is 185 Å². The minimum absolute atomic E-state index is 0.0905. The van der Waals surface area contributed by atoms with E-state index in [0.717, 1.165) is 77.3 Å². The van der Waals surface area contributed by atoms with Crippen LogP contribution in [-0.4, -0.2) is 15.0 Å². The second-order valence-corrected chi connectivity index (χ2v) is 15.9. The van der Waals surface area contributed by atoms with E-state index in [1.807, 2.05) is 48.5 Å². The van der Waals surface area contributed by atoms with Crippen molar-refractivity contribution in [1.29, 1.82) is 0 Å². The molecule has 0 bridgehead atoms. The maximum atomic E-state index is 6.57. The summed E-state index contributed by atoms with van der Waals surface area (Å²) in [6, 6.07) is 61.3. The molecule has 0 unspecified atom stereocenters. The van der Waals surface area contributed by atoms with E-state index in [4.69, 9.17) is 23.8 Å². The maximum Gasteiger partial charge on any atom is 0.164 e. The number of benzene rings is 8. The summed E-state index contributed by atoms with van der Waals surface area (Å²) < 4.78 is 12.8. The summed E-state index contributed by atoms with van der Waals surface area (Å²) in [6.07, 6.45) is 0. The Bertz CT molecular complexity index is 3470. The van der Waals surface area contributed by atoms with Gasteiger partial charge in [-0.3, -0.25) is 0 Å². The fourth-order valence-corrected chi connectivity index (χ4v) is 9.24. The first-order chi connectivity index (χ1) is 29.0. The Hall–Kier alpha value is -7.63. The molecule has 3 heterocycles. The Morgan fingerprint density at radius 2 is 0.898 bits per heavy atom. The van der Waals surface area contributed by atoms with E-state index < -0.39 is 0 Å². The standard InChI is InChI=1S/C54H35N3O2/c1-54(2)43-18-8-6-15-39(43)49-37(16-10-19-44(49)54)35-26-28-47-42(30-35)50-40(17-11-21-48(50)59-47)53-56-51(34-24-22-33(23-25-34)32-12-4-3-5-13-32)55-52(57-53)36-27-29-46-41(31-36)38-14-7-9-20-45(38)58-46/h3-31H,1-2H3. The average molecular weight is 758 g/mol. The van der Waals surface area contributed by atoms with Gasteiger partial charge in [-0.1, -0.05) is 147 Å². The van der Waals surface area contributed by atoms with Crippen molar-refractivity contribution >= 4 is 43.9 Å². The molecule has 0 amide bonds. The van der Waals surface area contributed by atoms with Crippen LogP contribution in [0, 0.1) is 0 Å². The van der Waals surface area contributed by atoms with Crippen LogP contribution in [-0.2, 0) is 5.41 Å². The van der Waals surface area contributed by atoms with Crippen LogP contribution in [0.2, 0.25) is 0 Å². The molecule has 0 fully saturated rings. The summed E-state index contributed by atoms with van der Waals surface area (Å²) in [4.78, 5) is 15.6. The van der Waals surface area contributed by atoms with Gasteiger partial charge >= 0.3 is 0 Å². The minimum atomic E-state index is -0.0905. The summed E-state index contributed by atoms with van der Waals surface area (Å²) in [5.74, 6) is 1.74. The highest BCUT2D eigenvalue weighted by molar-refractivity contribution is 6.13. The van der Waals surface area contributed by atoms with Crippen molar-refractivity contribution < 1.29 is 8.83 Å². The van der Waals surface area contributed by atoms with E-state index in [9.17, 15) is 0 Å². The van der Waals surface area contributed by atoms with Gasteiger partial charge in [-0.05, 0) is 87.0 Å². The highest BCUT2D eigenvalue weighted by Gasteiger charge is 2.36. The topological polar surface area (TPSA) is 65.0 Å². The van der Waals surface area contributed by atoms with Gasteiger partial charge in [-0.2, -0.15) is 0 Å². The molecule has 59 heavy (non-hydrogen) atoms. The minimum Gasteiger partial charge on any atom is -0.456 e. The number of para-hydroxylation sites is 1. The average Bonchev–Trinajstić information content (AvgIpc) is 3.93. The fourth-order valence-electron chi connectivity index (χ4n) is 9.24. The fraction of sp³-hybridized carbons (Fsp3) is 0.0556. The van der Waals surface area contributed by atoms with E-state index in [0.29, 0.717) is 17.5 Å². The molecule has 3 aromatic heterocycles. The molecule has 0 saturated carbocycles. The molecule has 278 valence electrons. The van der Waals surface area contributed by atoms with Crippen molar-refractivity contribution in [2.75, 3.05) is 0 Å². The number of aromatic nitrogens is 3. The zero-order valence-corrected chi connectivity index (χ0v) is 32.4. The Kier molecular flexibility index (Phi) is 7.20. The van der Waals surface area contributed by atoms with Crippen molar-refractivity contribution in [3.8, 4) is 67.5 Å². The third kappa shape index (κ3) is 5.21. The molecule has 12 rings (SSSR count). The van der Waals surface area contributed by atoms with E-state index in [1.54, 1.807) is 0 Å². The molecule has 1 aliphatic rings. The lowest BCUT2D eigenvalue weighted by Gasteiger charge is -2.21. The summed E-state index contributed by atoms with van der Waals surface area (Å²) in [5.41, 5.74) is 15.8. The molecular weight excluding hydrogens is 723 g/mol. The van der Waals surface area contributed by atoms with Gasteiger partial charge in [0.05, 0.1) is 0 Å². The Balaban J connectivity index is 1.06. The quantitative estimate of drug-likeness (QED) is 0.175. The first-order valence-electron chi connectivity index (χ1n) is 20.0. The first kappa shape index (κ1) is 33.5. The molecule has 0 saturated heterocycles. The number of nitrogens with zero attached hydrogens (tertiary/aromatic N) is 3. The van der Waals surface area contributed by atoms with E-state index in [2.05, 4.69) is 141 Å². The molecule has 8 aromatic carbocycles. The Morgan fingerprint density at radius 3 is 1.76 bits per heavy atom. The number of rotatable bonds is 5. The van der Waals surface area contributed by atoms with E-state index in [-0.39, 0.29) is 5.41 Å². The second-order valence-electron chi connectivity index (χ2n) is 15.9. The van der Waals surface area contributed by atoms with Crippen molar-refractivity contribution in [3.05, 3.63) is 187 Å². The second kappa shape index (κ2) is 12.7. The Morgan fingerprint density at radius 1 is 0.356 bits per heavy atom. The molecule has 5 nitrogen and oxygen atoms in total. The summed E-state index contributed by atoms with van der Waals surface area (Å²) in [5, 5.41) is 4.05. The lowest BCUT2D eigenvalue weighted by molar-refractivity contribution is 0.660. The third-order valence-electron chi connectivity index (χ3n) is 12.2. The number of hydrogen-bond acceptors (Lipinski definition) is 5. The highest BCUT2D eigenvalue weighted by Crippen LogP contribution is 2.52. The van der Waals surface area contributed by atoms with Crippen molar-refractivity contribution in [3.63, 3.8) is 0 Å². The Labute approximate surface area is 340 Å². The van der Waals surface area contributed by atoms with Gasteiger partial charge < -0.3 is 8.83 Å². The van der Waals surface area contributed by atoms with Crippen LogP contribution in [0.3, 0.4) is 0 Å². The number of hydrogen-bond donors (Lipinski definition) is 0. The molecule has 0 N–H and O–H groups in total. The molecule has 0 atom stereocenters. The van der Waals surface area contributed by atoms with Gasteiger partial charge in [-0.15, -0.1) is 0 Å². The van der Waals surface area contributed by atoms with Gasteiger partial charge in [0.1, 0.15) is 22.3 Å². The van der Waals surface area contributed by atoms with Crippen molar-refractivity contribution in [1.82, 2.24) is 15.0 Å². The first-order valence-corrected chi connectivity index (χ1v) is 20.0. The lowest BCUT2D eigenvalue weighted by Crippen LogP contribution is -2.14. The van der Waals surface area contributed by atoms with Crippen LogP contribution < -0.4 is 0 Å². The van der Waals surface area contributed by atoms with Crippen molar-refractivity contribution in [2.24, 2.45) is 0 Å². The molecule has 0 aliphatic heterocycles. The summed E-state index contributed by atoms with van der Waals surface area (Å²) in [6.45, 7) is 4.65.